The maximum Gasteiger partial charge on any atom is 0.127 e. The number of thioether (sulfide) groups is 1. The molecule has 0 spiro atoms. The van der Waals surface area contributed by atoms with E-state index in [1.54, 1.807) is 0 Å². The largest absolute Gasteiger partial charge is 0.392 e. The fourth-order valence-corrected chi connectivity index (χ4v) is 4.45. The smallest absolute Gasteiger partial charge is 0.127 e. The normalized spacial score (nSPS) is 16.6. The average Bonchev–Trinajstić information content (AvgIpc) is 2.77. The summed E-state index contributed by atoms with van der Waals surface area (Å²) in [5.74, 6) is 1.36. The Kier molecular flexibility index (Phi) is 8.08. The third kappa shape index (κ3) is 5.72. The molecule has 0 radical (unpaired) electrons. The number of hydrogen-bond acceptors (Lipinski definition) is 5. The van der Waals surface area contributed by atoms with Crippen molar-refractivity contribution in [2.24, 2.45) is 11.1 Å². The van der Waals surface area contributed by atoms with E-state index in [2.05, 4.69) is 63.0 Å². The lowest BCUT2D eigenvalue weighted by Gasteiger charge is -2.21. The van der Waals surface area contributed by atoms with Crippen LogP contribution in [-0.4, -0.2) is 21.8 Å². The molecule has 0 amide bonds. The van der Waals surface area contributed by atoms with E-state index in [0.29, 0.717) is 5.92 Å². The van der Waals surface area contributed by atoms with Crippen LogP contribution in [0.15, 0.2) is 47.4 Å². The standard InChI is InChI=1S/C25H33N3OS/c1-6-18(4)19(5)29-28-22-11-7-10-21-12-13-23(27-24(21)22)25(17(2)3)30-16-20-9-8-14-26-15-20/h8-9,12-15,18-19H,6-7,10-11,16H2,1-5H3/b28-22+. The molecule has 2 aromatic rings. The molecule has 0 bridgehead atoms. The van der Waals surface area contributed by atoms with Crippen LogP contribution in [0.5, 0.6) is 0 Å². The van der Waals surface area contributed by atoms with E-state index in [9.17, 15) is 0 Å². The van der Waals surface area contributed by atoms with Crippen LogP contribution < -0.4 is 0 Å². The van der Waals surface area contributed by atoms with Gasteiger partial charge < -0.3 is 4.84 Å². The summed E-state index contributed by atoms with van der Waals surface area (Å²) in [6, 6.07) is 8.48. The molecule has 0 saturated heterocycles. The number of aryl methyl sites for hydroxylation is 1. The van der Waals surface area contributed by atoms with Gasteiger partial charge in [-0.15, -0.1) is 11.8 Å². The third-order valence-electron chi connectivity index (χ3n) is 5.68. The fourth-order valence-electron chi connectivity index (χ4n) is 3.42. The first kappa shape index (κ1) is 22.5. The van der Waals surface area contributed by atoms with Crippen molar-refractivity contribution in [2.75, 3.05) is 0 Å². The summed E-state index contributed by atoms with van der Waals surface area (Å²) in [5, 5.41) is 4.56. The minimum Gasteiger partial charge on any atom is -0.392 e. The third-order valence-corrected chi connectivity index (χ3v) is 7.06. The van der Waals surface area contributed by atoms with Gasteiger partial charge in [-0.05, 0) is 75.6 Å². The van der Waals surface area contributed by atoms with E-state index in [0.717, 1.165) is 48.5 Å². The van der Waals surface area contributed by atoms with Gasteiger partial charge in [-0.3, -0.25) is 4.98 Å². The van der Waals surface area contributed by atoms with Crippen molar-refractivity contribution in [2.45, 2.75) is 72.2 Å². The van der Waals surface area contributed by atoms with Crippen LogP contribution in [0.25, 0.3) is 4.91 Å². The van der Waals surface area contributed by atoms with E-state index >= 15 is 0 Å². The Morgan fingerprint density at radius 3 is 2.73 bits per heavy atom. The quantitative estimate of drug-likeness (QED) is 0.446. The molecule has 2 heterocycles. The maximum absolute atomic E-state index is 5.87. The van der Waals surface area contributed by atoms with Gasteiger partial charge >= 0.3 is 0 Å². The van der Waals surface area contributed by atoms with Crippen molar-refractivity contribution in [3.05, 3.63) is 64.7 Å². The van der Waals surface area contributed by atoms with Crippen molar-refractivity contribution in [1.29, 1.82) is 0 Å². The topological polar surface area (TPSA) is 47.4 Å². The van der Waals surface area contributed by atoms with Crippen LogP contribution in [0.4, 0.5) is 0 Å². The van der Waals surface area contributed by atoms with Gasteiger partial charge in [0.1, 0.15) is 11.8 Å². The molecule has 4 nitrogen and oxygen atoms in total. The van der Waals surface area contributed by atoms with E-state index in [1.807, 2.05) is 30.2 Å². The first-order valence-electron chi connectivity index (χ1n) is 10.9. The second-order valence-electron chi connectivity index (χ2n) is 8.27. The number of pyridine rings is 2. The van der Waals surface area contributed by atoms with E-state index in [-0.39, 0.29) is 6.10 Å². The lowest BCUT2D eigenvalue weighted by atomic mass is 9.94. The van der Waals surface area contributed by atoms with E-state index in [1.165, 1.54) is 21.6 Å². The summed E-state index contributed by atoms with van der Waals surface area (Å²) in [5.41, 5.74) is 6.77. The number of hydrogen-bond donors (Lipinski definition) is 0. The Labute approximate surface area is 185 Å². The van der Waals surface area contributed by atoms with Gasteiger partial charge in [0.25, 0.3) is 0 Å². The average molecular weight is 424 g/mol. The minimum absolute atomic E-state index is 0.111. The highest BCUT2D eigenvalue weighted by molar-refractivity contribution is 8.07. The van der Waals surface area contributed by atoms with Gasteiger partial charge in [0.2, 0.25) is 0 Å². The van der Waals surface area contributed by atoms with Crippen molar-refractivity contribution in [3.63, 3.8) is 0 Å². The van der Waals surface area contributed by atoms with Gasteiger partial charge in [0, 0.05) is 23.1 Å². The summed E-state index contributed by atoms with van der Waals surface area (Å²) < 4.78 is 0. The van der Waals surface area contributed by atoms with Crippen LogP contribution in [0.1, 0.15) is 76.4 Å². The number of oxime groups is 1. The number of fused-ring (bicyclic) bond motifs is 1. The van der Waals surface area contributed by atoms with Crippen molar-refractivity contribution in [3.8, 4) is 0 Å². The number of nitrogens with zero attached hydrogens (tertiary/aromatic N) is 3. The Morgan fingerprint density at radius 2 is 2.03 bits per heavy atom. The van der Waals surface area contributed by atoms with E-state index in [4.69, 9.17) is 9.82 Å². The fraction of sp³-hybridized carbons (Fsp3) is 0.480. The minimum atomic E-state index is 0.111. The summed E-state index contributed by atoms with van der Waals surface area (Å²) in [6.45, 7) is 10.8. The van der Waals surface area contributed by atoms with Gasteiger partial charge in [0.05, 0.1) is 11.4 Å². The molecule has 0 aromatic carbocycles. The molecule has 30 heavy (non-hydrogen) atoms. The highest BCUT2D eigenvalue weighted by atomic mass is 32.2. The summed E-state index contributed by atoms with van der Waals surface area (Å²) in [7, 11) is 0. The zero-order chi connectivity index (χ0) is 21.5. The molecule has 2 unspecified atom stereocenters. The molecule has 1 aliphatic carbocycles. The van der Waals surface area contributed by atoms with Gasteiger partial charge in [-0.25, -0.2) is 4.98 Å². The lowest BCUT2D eigenvalue weighted by Crippen LogP contribution is -2.19. The van der Waals surface area contributed by atoms with Crippen molar-refractivity contribution < 1.29 is 4.84 Å². The Bertz CT molecular complexity index is 904. The Morgan fingerprint density at radius 1 is 1.20 bits per heavy atom. The second-order valence-corrected chi connectivity index (χ2v) is 9.26. The molecule has 5 heteroatoms. The first-order chi connectivity index (χ1) is 14.5. The summed E-state index contributed by atoms with van der Waals surface area (Å²) in [6.07, 6.45) is 8.00. The van der Waals surface area contributed by atoms with Crippen LogP contribution in [-0.2, 0) is 17.0 Å². The molecule has 0 fully saturated rings. The van der Waals surface area contributed by atoms with Gasteiger partial charge in [-0.2, -0.15) is 0 Å². The molecule has 2 atom stereocenters. The molecule has 0 saturated carbocycles. The van der Waals surface area contributed by atoms with Crippen LogP contribution in [0.2, 0.25) is 0 Å². The SMILES string of the molecule is CCC(C)C(C)O/N=C1\CCCc2ccc(C(SCc3cccnc3)=C(C)C)nc21. The van der Waals surface area contributed by atoms with Crippen LogP contribution in [0.3, 0.4) is 0 Å². The number of aromatic nitrogens is 2. The molecule has 0 aliphatic heterocycles. The molecule has 160 valence electrons. The molecule has 1 aliphatic rings. The monoisotopic (exact) mass is 423 g/mol. The van der Waals surface area contributed by atoms with E-state index < -0.39 is 0 Å². The first-order valence-corrected chi connectivity index (χ1v) is 11.9. The van der Waals surface area contributed by atoms with Crippen LogP contribution in [0, 0.1) is 5.92 Å². The molecule has 2 aromatic heterocycles. The van der Waals surface area contributed by atoms with Gasteiger partial charge in [-0.1, -0.05) is 36.7 Å². The van der Waals surface area contributed by atoms with Gasteiger partial charge in [0.15, 0.2) is 0 Å². The second kappa shape index (κ2) is 10.8. The Balaban J connectivity index is 1.84. The highest BCUT2D eigenvalue weighted by Gasteiger charge is 2.21. The molecular weight excluding hydrogens is 390 g/mol. The predicted molar refractivity (Wildman–Crippen MR) is 128 cm³/mol. The molecule has 0 N–H and O–H groups in total. The maximum atomic E-state index is 5.87. The van der Waals surface area contributed by atoms with Crippen LogP contribution >= 0.6 is 11.8 Å². The number of allylic oxidation sites excluding steroid dienone is 1. The highest BCUT2D eigenvalue weighted by Crippen LogP contribution is 2.33. The lowest BCUT2D eigenvalue weighted by molar-refractivity contribution is 0.0333. The van der Waals surface area contributed by atoms with Crippen molar-refractivity contribution >= 4 is 22.4 Å². The molecule has 3 rings (SSSR count). The summed E-state index contributed by atoms with van der Waals surface area (Å²) in [4.78, 5) is 16.4. The summed E-state index contributed by atoms with van der Waals surface area (Å²) >= 11 is 1.82. The predicted octanol–water partition coefficient (Wildman–Crippen LogP) is 6.65. The van der Waals surface area contributed by atoms with Crippen molar-refractivity contribution in [1.82, 2.24) is 9.97 Å². The molecular formula is C25H33N3OS. The zero-order valence-corrected chi connectivity index (χ0v) is 19.6. The Hall–Kier alpha value is -2.14. The zero-order valence-electron chi connectivity index (χ0n) is 18.8. The number of rotatable bonds is 8.